The summed E-state index contributed by atoms with van der Waals surface area (Å²) in [6.07, 6.45) is 5.07. The Labute approximate surface area is 174 Å². The van der Waals surface area contributed by atoms with Gasteiger partial charge in [0.15, 0.2) is 0 Å². The molecular formula is C21H20N4O4S. The van der Waals surface area contributed by atoms with Crippen LogP contribution >= 0.6 is 0 Å². The van der Waals surface area contributed by atoms with Crippen LogP contribution in [0, 0.1) is 19.3 Å². The predicted molar refractivity (Wildman–Crippen MR) is 114 cm³/mol. The summed E-state index contributed by atoms with van der Waals surface area (Å²) in [5.74, 6) is 1.67. The molecule has 1 heterocycles. The van der Waals surface area contributed by atoms with E-state index in [-0.39, 0.29) is 28.3 Å². The second-order valence-electron chi connectivity index (χ2n) is 6.44. The number of hydrogen-bond acceptors (Lipinski definition) is 4. The topological polar surface area (TPSA) is 102 Å². The molecule has 0 atom stereocenters. The summed E-state index contributed by atoms with van der Waals surface area (Å²) in [4.78, 5) is 25.5. The Balaban J connectivity index is 1.87. The predicted octanol–water partition coefficient (Wildman–Crippen LogP) is 1.65. The number of carbonyl (C=O) groups excluding carboxylic acids is 1. The summed E-state index contributed by atoms with van der Waals surface area (Å²) >= 11 is 0. The molecule has 8 nitrogen and oxygen atoms in total. The number of sulfonamides is 1. The molecule has 0 fully saturated rings. The number of aromatic nitrogens is 2. The molecule has 3 rings (SSSR count). The molecule has 0 aliphatic rings. The number of nitrogens with one attached hydrogen (secondary N) is 2. The Bertz CT molecular complexity index is 1280. The van der Waals surface area contributed by atoms with E-state index in [1.54, 1.807) is 30.8 Å². The van der Waals surface area contributed by atoms with Crippen molar-refractivity contribution in [3.63, 3.8) is 0 Å². The maximum Gasteiger partial charge on any atom is 0.295 e. The van der Waals surface area contributed by atoms with Crippen molar-refractivity contribution in [1.29, 1.82) is 0 Å². The van der Waals surface area contributed by atoms with E-state index < -0.39 is 15.9 Å². The number of nitrogens with zero attached hydrogens (tertiary/aromatic N) is 2. The number of carbonyl (C=O) groups is 1. The van der Waals surface area contributed by atoms with Gasteiger partial charge in [0.05, 0.1) is 22.8 Å². The minimum absolute atomic E-state index is 0.0170. The normalized spacial score (nSPS) is 11.1. The molecular weight excluding hydrogens is 404 g/mol. The second-order valence-corrected chi connectivity index (χ2v) is 8.21. The minimum Gasteiger partial charge on any atom is -0.316 e. The average molecular weight is 424 g/mol. The summed E-state index contributed by atoms with van der Waals surface area (Å²) < 4.78 is 29.5. The number of para-hydroxylation sites is 1. The van der Waals surface area contributed by atoms with Crippen LogP contribution in [0.15, 0.2) is 64.3 Å². The van der Waals surface area contributed by atoms with Crippen molar-refractivity contribution in [2.45, 2.75) is 11.8 Å². The van der Waals surface area contributed by atoms with Gasteiger partial charge in [-0.1, -0.05) is 24.1 Å². The monoisotopic (exact) mass is 424 g/mol. The molecule has 9 heteroatoms. The van der Waals surface area contributed by atoms with Gasteiger partial charge in [-0.25, -0.2) is 13.1 Å². The molecule has 3 aromatic rings. The van der Waals surface area contributed by atoms with E-state index in [0.717, 1.165) is 0 Å². The van der Waals surface area contributed by atoms with Crippen molar-refractivity contribution in [2.75, 3.05) is 11.9 Å². The van der Waals surface area contributed by atoms with Gasteiger partial charge in [0, 0.05) is 12.6 Å². The molecule has 0 saturated heterocycles. The van der Waals surface area contributed by atoms with Crippen molar-refractivity contribution < 1.29 is 13.2 Å². The number of anilines is 1. The van der Waals surface area contributed by atoms with E-state index in [0.29, 0.717) is 11.4 Å². The van der Waals surface area contributed by atoms with Gasteiger partial charge >= 0.3 is 0 Å². The van der Waals surface area contributed by atoms with Crippen molar-refractivity contribution in [3.8, 4) is 18.0 Å². The lowest BCUT2D eigenvalue weighted by molar-refractivity contribution is 0.102. The lowest BCUT2D eigenvalue weighted by Crippen LogP contribution is -2.24. The van der Waals surface area contributed by atoms with Crippen LogP contribution in [-0.4, -0.2) is 30.2 Å². The van der Waals surface area contributed by atoms with E-state index in [4.69, 9.17) is 6.42 Å². The van der Waals surface area contributed by atoms with Gasteiger partial charge in [0.1, 0.15) is 5.69 Å². The van der Waals surface area contributed by atoms with E-state index in [1.165, 1.54) is 28.9 Å². The summed E-state index contributed by atoms with van der Waals surface area (Å²) in [5, 5.41) is 2.63. The molecule has 0 aliphatic heterocycles. The van der Waals surface area contributed by atoms with Gasteiger partial charge in [-0.3, -0.25) is 14.3 Å². The first-order valence-corrected chi connectivity index (χ1v) is 10.4. The highest BCUT2D eigenvalue weighted by atomic mass is 32.2. The number of terminal acetylenes is 1. The van der Waals surface area contributed by atoms with E-state index >= 15 is 0 Å². The van der Waals surface area contributed by atoms with Crippen LogP contribution in [0.4, 0.5) is 5.69 Å². The van der Waals surface area contributed by atoms with Crippen LogP contribution < -0.4 is 15.6 Å². The molecule has 30 heavy (non-hydrogen) atoms. The maximum atomic E-state index is 12.9. The SMILES string of the molecule is C#CCNS(=O)(=O)c1ccc(C(=O)Nc2c(C)n(C)n(-c3ccccc3)c2=O)cc1. The van der Waals surface area contributed by atoms with Gasteiger partial charge in [-0.2, -0.15) is 4.72 Å². The number of hydrogen-bond donors (Lipinski definition) is 2. The fourth-order valence-corrected chi connectivity index (χ4v) is 3.84. The third-order valence-electron chi connectivity index (χ3n) is 4.58. The summed E-state index contributed by atoms with van der Waals surface area (Å²) in [7, 11) is -2.03. The highest BCUT2D eigenvalue weighted by Gasteiger charge is 2.19. The minimum atomic E-state index is -3.75. The third-order valence-corrected chi connectivity index (χ3v) is 6.00. The summed E-state index contributed by atoms with van der Waals surface area (Å²) in [6.45, 7) is 1.59. The Morgan fingerprint density at radius 3 is 2.33 bits per heavy atom. The van der Waals surface area contributed by atoms with Gasteiger partial charge in [-0.05, 0) is 43.3 Å². The van der Waals surface area contributed by atoms with Crippen LogP contribution in [0.3, 0.4) is 0 Å². The second kappa shape index (κ2) is 8.41. The van der Waals surface area contributed by atoms with Crippen LogP contribution in [0.25, 0.3) is 5.69 Å². The fraction of sp³-hybridized carbons (Fsp3) is 0.143. The molecule has 0 unspecified atom stereocenters. The molecule has 0 saturated carbocycles. The van der Waals surface area contributed by atoms with Crippen LogP contribution in [0.1, 0.15) is 16.1 Å². The number of amides is 1. The Morgan fingerprint density at radius 2 is 1.73 bits per heavy atom. The highest BCUT2D eigenvalue weighted by Crippen LogP contribution is 2.16. The lowest BCUT2D eigenvalue weighted by atomic mass is 10.2. The lowest BCUT2D eigenvalue weighted by Gasteiger charge is -2.07. The summed E-state index contributed by atoms with van der Waals surface area (Å²) in [5.41, 5.74) is 1.24. The molecule has 1 aromatic heterocycles. The summed E-state index contributed by atoms with van der Waals surface area (Å²) in [6, 6.07) is 14.4. The maximum absolute atomic E-state index is 12.9. The number of benzene rings is 2. The van der Waals surface area contributed by atoms with Crippen molar-refractivity contribution in [1.82, 2.24) is 14.1 Å². The number of rotatable bonds is 6. The molecule has 1 amide bonds. The van der Waals surface area contributed by atoms with E-state index in [2.05, 4.69) is 16.0 Å². The molecule has 0 aliphatic carbocycles. The van der Waals surface area contributed by atoms with Crippen LogP contribution in [-0.2, 0) is 17.1 Å². The zero-order valence-electron chi connectivity index (χ0n) is 16.4. The van der Waals surface area contributed by atoms with Crippen molar-refractivity contribution in [3.05, 3.63) is 76.2 Å². The van der Waals surface area contributed by atoms with Gasteiger partial charge in [0.25, 0.3) is 11.5 Å². The Kier molecular flexibility index (Phi) is 5.91. The van der Waals surface area contributed by atoms with Crippen molar-refractivity contribution in [2.24, 2.45) is 7.05 Å². The van der Waals surface area contributed by atoms with Crippen LogP contribution in [0.2, 0.25) is 0 Å². The molecule has 2 aromatic carbocycles. The first-order valence-electron chi connectivity index (χ1n) is 8.95. The standard InChI is InChI=1S/C21H20N4O4S/c1-4-14-22-30(28,29)18-12-10-16(11-13-18)20(26)23-19-15(2)24(3)25(21(19)27)17-8-6-5-7-9-17/h1,5-13,22H,14H2,2-3H3,(H,23,26). The van der Waals surface area contributed by atoms with E-state index in [9.17, 15) is 18.0 Å². The van der Waals surface area contributed by atoms with Gasteiger partial charge in [0.2, 0.25) is 10.0 Å². The van der Waals surface area contributed by atoms with Crippen LogP contribution in [0.5, 0.6) is 0 Å². The molecule has 154 valence electrons. The quantitative estimate of drug-likeness (QED) is 0.588. The first kappa shape index (κ1) is 21.1. The first-order chi connectivity index (χ1) is 14.3. The molecule has 2 N–H and O–H groups in total. The van der Waals surface area contributed by atoms with Gasteiger partial charge in [-0.15, -0.1) is 6.42 Å². The zero-order chi connectivity index (χ0) is 21.9. The Morgan fingerprint density at radius 1 is 1.10 bits per heavy atom. The van der Waals surface area contributed by atoms with E-state index in [1.807, 2.05) is 18.2 Å². The average Bonchev–Trinajstić information content (AvgIpc) is 2.96. The molecule has 0 radical (unpaired) electrons. The highest BCUT2D eigenvalue weighted by molar-refractivity contribution is 7.89. The zero-order valence-corrected chi connectivity index (χ0v) is 17.2. The third kappa shape index (κ3) is 4.05. The van der Waals surface area contributed by atoms with Crippen molar-refractivity contribution >= 4 is 21.6 Å². The molecule has 0 spiro atoms. The molecule has 0 bridgehead atoms. The van der Waals surface area contributed by atoms with Gasteiger partial charge < -0.3 is 5.32 Å². The Hall–Kier alpha value is -3.61. The largest absolute Gasteiger partial charge is 0.316 e. The fourth-order valence-electron chi connectivity index (χ4n) is 2.90. The smallest absolute Gasteiger partial charge is 0.295 e.